The van der Waals surface area contributed by atoms with Crippen molar-refractivity contribution in [1.29, 1.82) is 0 Å². The summed E-state index contributed by atoms with van der Waals surface area (Å²) in [5.41, 5.74) is 3.62. The molecule has 6 nitrogen and oxygen atoms in total. The highest BCUT2D eigenvalue weighted by molar-refractivity contribution is 6.09. The van der Waals surface area contributed by atoms with Crippen LogP contribution in [0, 0.1) is 6.92 Å². The molecule has 3 aromatic rings. The fourth-order valence-electron chi connectivity index (χ4n) is 3.29. The number of aryl methyl sites for hydroxylation is 2. The molecule has 1 aliphatic rings. The van der Waals surface area contributed by atoms with Crippen LogP contribution in [0.1, 0.15) is 27.9 Å². The number of rotatable bonds is 5. The van der Waals surface area contributed by atoms with E-state index in [4.69, 9.17) is 9.47 Å². The van der Waals surface area contributed by atoms with E-state index in [1.54, 1.807) is 25.3 Å². The number of carbonyl (C=O) groups is 2. The van der Waals surface area contributed by atoms with E-state index in [1.807, 2.05) is 49.4 Å². The molecule has 0 aliphatic carbocycles. The maximum atomic E-state index is 12.7. The van der Waals surface area contributed by atoms with Gasteiger partial charge >= 0.3 is 0 Å². The van der Waals surface area contributed by atoms with Gasteiger partial charge in [0.1, 0.15) is 11.5 Å². The zero-order chi connectivity index (χ0) is 21.1. The number of fused-ring (bicyclic) bond motifs is 2. The lowest BCUT2D eigenvalue weighted by molar-refractivity contribution is -0.116. The van der Waals surface area contributed by atoms with Gasteiger partial charge in [0.15, 0.2) is 5.75 Å². The molecule has 0 saturated heterocycles. The zero-order valence-corrected chi connectivity index (χ0v) is 16.8. The fraction of sp³-hybridized carbons (Fsp3) is 0.167. The Labute approximate surface area is 174 Å². The van der Waals surface area contributed by atoms with Gasteiger partial charge in [0.2, 0.25) is 5.91 Å². The molecular weight excluding hydrogens is 380 g/mol. The highest BCUT2D eigenvalue weighted by Crippen LogP contribution is 2.37. The summed E-state index contributed by atoms with van der Waals surface area (Å²) < 4.78 is 11.0. The van der Waals surface area contributed by atoms with Crippen LogP contribution in [0.15, 0.2) is 60.7 Å². The molecule has 0 atom stereocenters. The minimum Gasteiger partial charge on any atom is -0.497 e. The molecule has 0 spiro atoms. The molecule has 2 N–H and O–H groups in total. The number of methoxy groups -OCH3 is 1. The van der Waals surface area contributed by atoms with Gasteiger partial charge < -0.3 is 20.1 Å². The number of benzene rings is 3. The quantitative estimate of drug-likeness (QED) is 0.634. The second kappa shape index (κ2) is 8.29. The molecule has 30 heavy (non-hydrogen) atoms. The molecule has 0 radical (unpaired) electrons. The van der Waals surface area contributed by atoms with Gasteiger partial charge in [-0.3, -0.25) is 9.59 Å². The van der Waals surface area contributed by atoms with Crippen LogP contribution in [0.3, 0.4) is 0 Å². The Bertz CT molecular complexity index is 1110. The average molecular weight is 402 g/mol. The zero-order valence-electron chi connectivity index (χ0n) is 16.8. The third-order valence-corrected chi connectivity index (χ3v) is 4.91. The highest BCUT2D eigenvalue weighted by Gasteiger charge is 2.21. The first-order valence-electron chi connectivity index (χ1n) is 9.68. The number of nitrogens with one attached hydrogen (secondary N) is 2. The topological polar surface area (TPSA) is 76.7 Å². The number of carbonyl (C=O) groups excluding carboxylic acids is 2. The maximum absolute atomic E-state index is 12.7. The first-order chi connectivity index (χ1) is 14.5. The maximum Gasteiger partial charge on any atom is 0.259 e. The minimum atomic E-state index is -0.274. The predicted molar refractivity (Wildman–Crippen MR) is 116 cm³/mol. The SMILES string of the molecule is COc1ccc(CCC(=O)Nc2ccc3c(c2)C(=O)Nc2cc(C)ccc2O3)cc1. The number of hydrogen-bond acceptors (Lipinski definition) is 4. The van der Waals surface area contributed by atoms with Gasteiger partial charge in [-0.15, -0.1) is 0 Å². The molecule has 0 saturated carbocycles. The first-order valence-corrected chi connectivity index (χ1v) is 9.68. The summed E-state index contributed by atoms with van der Waals surface area (Å²) in [7, 11) is 1.62. The Morgan fingerprint density at radius 2 is 1.80 bits per heavy atom. The van der Waals surface area contributed by atoms with Crippen molar-refractivity contribution in [2.45, 2.75) is 19.8 Å². The van der Waals surface area contributed by atoms with Gasteiger partial charge in [0.05, 0.1) is 18.4 Å². The molecule has 3 aromatic carbocycles. The van der Waals surface area contributed by atoms with Crippen LogP contribution in [-0.2, 0) is 11.2 Å². The molecule has 0 bridgehead atoms. The van der Waals surface area contributed by atoms with Crippen molar-refractivity contribution in [3.63, 3.8) is 0 Å². The van der Waals surface area contributed by atoms with Gasteiger partial charge in [-0.1, -0.05) is 18.2 Å². The van der Waals surface area contributed by atoms with Crippen LogP contribution in [0.2, 0.25) is 0 Å². The number of hydrogen-bond donors (Lipinski definition) is 2. The number of ether oxygens (including phenoxy) is 2. The summed E-state index contributed by atoms with van der Waals surface area (Å²) in [6, 6.07) is 18.3. The largest absolute Gasteiger partial charge is 0.497 e. The second-order valence-electron chi connectivity index (χ2n) is 7.16. The van der Waals surface area contributed by atoms with E-state index in [9.17, 15) is 9.59 Å². The van der Waals surface area contributed by atoms with Crippen LogP contribution >= 0.6 is 0 Å². The van der Waals surface area contributed by atoms with E-state index in [1.165, 1.54) is 0 Å². The molecule has 2 amide bonds. The van der Waals surface area contributed by atoms with Crippen LogP contribution in [0.4, 0.5) is 11.4 Å². The number of anilines is 2. The van der Waals surface area contributed by atoms with Gasteiger partial charge in [0.25, 0.3) is 5.91 Å². The van der Waals surface area contributed by atoms with Crippen LogP contribution in [-0.4, -0.2) is 18.9 Å². The van der Waals surface area contributed by atoms with Gasteiger partial charge in [-0.05, 0) is 66.9 Å². The standard InChI is InChI=1S/C24H22N2O4/c1-15-3-10-22-20(13-15)26-24(28)19-14-17(7-11-21(19)30-22)25-23(27)12-6-16-4-8-18(29-2)9-5-16/h3-5,7-11,13-14H,6,12H2,1-2H3,(H,25,27)(H,26,28). The molecule has 1 heterocycles. The van der Waals surface area contributed by atoms with Crippen molar-refractivity contribution in [1.82, 2.24) is 0 Å². The smallest absolute Gasteiger partial charge is 0.259 e. The first kappa shape index (κ1) is 19.5. The highest BCUT2D eigenvalue weighted by atomic mass is 16.5. The molecular formula is C24H22N2O4. The molecule has 0 unspecified atom stereocenters. The summed E-state index contributed by atoms with van der Waals surface area (Å²) in [6.07, 6.45) is 0.940. The van der Waals surface area contributed by atoms with Crippen molar-refractivity contribution < 1.29 is 19.1 Å². The van der Waals surface area contributed by atoms with E-state index in [0.717, 1.165) is 16.9 Å². The molecule has 152 valence electrons. The van der Waals surface area contributed by atoms with E-state index in [2.05, 4.69) is 10.6 Å². The molecule has 4 rings (SSSR count). The fourth-order valence-corrected chi connectivity index (χ4v) is 3.29. The minimum absolute atomic E-state index is 0.125. The summed E-state index contributed by atoms with van der Waals surface area (Å²) in [6.45, 7) is 1.95. The Balaban J connectivity index is 1.44. The van der Waals surface area contributed by atoms with Gasteiger partial charge in [-0.2, -0.15) is 0 Å². The van der Waals surface area contributed by atoms with E-state index < -0.39 is 0 Å². The van der Waals surface area contributed by atoms with Gasteiger partial charge in [0, 0.05) is 12.1 Å². The third-order valence-electron chi connectivity index (χ3n) is 4.91. The lowest BCUT2D eigenvalue weighted by atomic mass is 10.1. The lowest BCUT2D eigenvalue weighted by Crippen LogP contribution is -2.14. The lowest BCUT2D eigenvalue weighted by Gasteiger charge is -2.10. The Kier molecular flexibility index (Phi) is 5.39. The Morgan fingerprint density at radius 3 is 2.57 bits per heavy atom. The van der Waals surface area contributed by atoms with Crippen molar-refractivity contribution in [2.24, 2.45) is 0 Å². The summed E-state index contributed by atoms with van der Waals surface area (Å²) in [5.74, 6) is 1.42. The monoisotopic (exact) mass is 402 g/mol. The molecule has 0 fully saturated rings. The molecule has 1 aliphatic heterocycles. The van der Waals surface area contributed by atoms with E-state index in [-0.39, 0.29) is 11.8 Å². The van der Waals surface area contributed by atoms with Gasteiger partial charge in [-0.25, -0.2) is 0 Å². The van der Waals surface area contributed by atoms with Crippen LogP contribution in [0.25, 0.3) is 0 Å². The average Bonchev–Trinajstić information content (AvgIpc) is 2.88. The summed E-state index contributed by atoms with van der Waals surface area (Å²) in [5, 5.41) is 5.73. The number of amides is 2. The van der Waals surface area contributed by atoms with Crippen molar-refractivity contribution >= 4 is 23.2 Å². The van der Waals surface area contributed by atoms with Crippen molar-refractivity contribution in [3.05, 3.63) is 77.4 Å². The van der Waals surface area contributed by atoms with Crippen molar-refractivity contribution in [3.8, 4) is 17.2 Å². The van der Waals surface area contributed by atoms with Crippen LogP contribution in [0.5, 0.6) is 17.2 Å². The molecule has 6 heteroatoms. The normalized spacial score (nSPS) is 12.0. The Morgan fingerprint density at radius 1 is 1.03 bits per heavy atom. The Hall–Kier alpha value is -3.80. The third kappa shape index (κ3) is 4.27. The van der Waals surface area contributed by atoms with E-state index in [0.29, 0.717) is 41.3 Å². The second-order valence-corrected chi connectivity index (χ2v) is 7.16. The van der Waals surface area contributed by atoms with E-state index >= 15 is 0 Å². The van der Waals surface area contributed by atoms with Crippen molar-refractivity contribution in [2.75, 3.05) is 17.7 Å². The van der Waals surface area contributed by atoms with Crippen LogP contribution < -0.4 is 20.1 Å². The predicted octanol–water partition coefficient (Wildman–Crippen LogP) is 4.93. The summed E-state index contributed by atoms with van der Waals surface area (Å²) in [4.78, 5) is 25.0. The molecule has 0 aromatic heterocycles. The summed E-state index contributed by atoms with van der Waals surface area (Å²) >= 11 is 0.